The van der Waals surface area contributed by atoms with Gasteiger partial charge in [-0.25, -0.2) is 4.98 Å². The highest BCUT2D eigenvalue weighted by Gasteiger charge is 2.44. The summed E-state index contributed by atoms with van der Waals surface area (Å²) in [4.78, 5) is 6.94. The van der Waals surface area contributed by atoms with Crippen LogP contribution in [0.4, 0.5) is 19.2 Å². The van der Waals surface area contributed by atoms with Crippen molar-refractivity contribution in [2.75, 3.05) is 18.0 Å². The normalized spacial score (nSPS) is 23.8. The molecule has 2 aliphatic rings. The maximum atomic E-state index is 13.1. The fourth-order valence-corrected chi connectivity index (χ4v) is 5.33. The molecule has 184 valence electrons. The molecular weight excluding hydrogens is 449 g/mol. The van der Waals surface area contributed by atoms with E-state index in [0.29, 0.717) is 47.6 Å². The molecule has 4 heterocycles. The lowest BCUT2D eigenvalue weighted by molar-refractivity contribution is -0.190. The maximum absolute atomic E-state index is 13.1. The Morgan fingerprint density at radius 1 is 1.12 bits per heavy atom. The predicted molar refractivity (Wildman–Crippen MR) is 118 cm³/mol. The molecule has 0 radical (unpaired) electrons. The molecule has 0 amide bonds. The molecule has 1 aliphatic heterocycles. The van der Waals surface area contributed by atoms with Crippen LogP contribution in [0.1, 0.15) is 56.8 Å². The number of halogens is 3. The molecule has 1 saturated heterocycles. The molecular formula is C23H29F3N6O2. The van der Waals surface area contributed by atoms with Gasteiger partial charge in [-0.3, -0.25) is 0 Å². The van der Waals surface area contributed by atoms with Gasteiger partial charge in [0.25, 0.3) is 0 Å². The number of rotatable bonds is 6. The number of hydrogen-bond acceptors (Lipinski definition) is 7. The Balaban J connectivity index is 1.40. The Labute approximate surface area is 195 Å². The SMILES string of the molecule is Cc1nnc(N2C[C@H]3CC[C@@H](C2)C3Cc2nc3c(C(C)C)ccc(O[C@@H](C)C(F)(F)F)n3n2)o1. The smallest absolute Gasteiger partial charge is 0.425 e. The van der Waals surface area contributed by atoms with Crippen LogP contribution in [-0.2, 0) is 6.42 Å². The number of fused-ring (bicyclic) bond motifs is 3. The number of pyridine rings is 1. The highest BCUT2D eigenvalue weighted by Crippen LogP contribution is 2.44. The zero-order chi connectivity index (χ0) is 24.2. The van der Waals surface area contributed by atoms with Crippen molar-refractivity contribution in [2.45, 2.75) is 65.2 Å². The van der Waals surface area contributed by atoms with Gasteiger partial charge < -0.3 is 14.1 Å². The van der Waals surface area contributed by atoms with Crippen LogP contribution in [0.3, 0.4) is 0 Å². The van der Waals surface area contributed by atoms with Gasteiger partial charge in [0.15, 0.2) is 17.6 Å². The highest BCUT2D eigenvalue weighted by atomic mass is 19.4. The standard InChI is InChI=1S/C23H29F3N6O2/c1-12(2)17-7-8-20(33-13(3)23(24,25)26)32-21(17)27-19(30-32)9-18-15-5-6-16(18)11-31(10-15)22-29-28-14(4)34-22/h7-8,12-13,15-16,18H,5-6,9-11H2,1-4H3/t13-,15-,16+,18?/m0/s1. The van der Waals surface area contributed by atoms with Gasteiger partial charge >= 0.3 is 12.2 Å². The summed E-state index contributed by atoms with van der Waals surface area (Å²) in [6.45, 7) is 8.51. The van der Waals surface area contributed by atoms with Crippen molar-refractivity contribution in [3.05, 3.63) is 29.4 Å². The minimum atomic E-state index is -4.46. The van der Waals surface area contributed by atoms with Crippen LogP contribution in [0, 0.1) is 24.7 Å². The number of piperidine rings is 1. The van der Waals surface area contributed by atoms with Crippen molar-refractivity contribution in [3.63, 3.8) is 0 Å². The fourth-order valence-electron chi connectivity index (χ4n) is 5.33. The summed E-state index contributed by atoms with van der Waals surface area (Å²) in [5.41, 5.74) is 1.48. The van der Waals surface area contributed by atoms with E-state index in [9.17, 15) is 13.2 Å². The summed E-state index contributed by atoms with van der Waals surface area (Å²) in [7, 11) is 0. The topological polar surface area (TPSA) is 81.6 Å². The average molecular weight is 479 g/mol. The molecule has 2 bridgehead atoms. The minimum absolute atomic E-state index is 0.0486. The summed E-state index contributed by atoms with van der Waals surface area (Å²) in [6.07, 6.45) is -3.50. The Bertz CT molecular complexity index is 1160. The number of hydrogen-bond donors (Lipinski definition) is 0. The average Bonchev–Trinajstić information content (AvgIpc) is 3.43. The van der Waals surface area contributed by atoms with Gasteiger partial charge in [-0.15, -0.1) is 10.2 Å². The van der Waals surface area contributed by atoms with Crippen LogP contribution in [0.15, 0.2) is 16.5 Å². The molecule has 1 saturated carbocycles. The van der Waals surface area contributed by atoms with E-state index in [1.54, 1.807) is 19.1 Å². The lowest BCUT2D eigenvalue weighted by Gasteiger charge is -2.36. The van der Waals surface area contributed by atoms with Crippen molar-refractivity contribution in [2.24, 2.45) is 17.8 Å². The first kappa shape index (κ1) is 22.9. The molecule has 2 fully saturated rings. The summed E-state index contributed by atoms with van der Waals surface area (Å²) >= 11 is 0. The maximum Gasteiger partial charge on any atom is 0.425 e. The van der Waals surface area contributed by atoms with Crippen molar-refractivity contribution >= 4 is 11.7 Å². The van der Waals surface area contributed by atoms with Gasteiger partial charge in [0.05, 0.1) is 0 Å². The van der Waals surface area contributed by atoms with Gasteiger partial charge in [0.1, 0.15) is 0 Å². The number of nitrogens with zero attached hydrogens (tertiary/aromatic N) is 6. The van der Waals surface area contributed by atoms with E-state index < -0.39 is 12.3 Å². The van der Waals surface area contributed by atoms with Crippen molar-refractivity contribution in [1.82, 2.24) is 24.8 Å². The highest BCUT2D eigenvalue weighted by molar-refractivity contribution is 5.51. The second-order valence-electron chi connectivity index (χ2n) is 9.82. The van der Waals surface area contributed by atoms with Gasteiger partial charge in [-0.2, -0.15) is 17.7 Å². The van der Waals surface area contributed by atoms with Gasteiger partial charge in [-0.05, 0) is 55.1 Å². The zero-order valence-electron chi connectivity index (χ0n) is 19.7. The van der Waals surface area contributed by atoms with Crippen LogP contribution >= 0.6 is 0 Å². The van der Waals surface area contributed by atoms with Crippen LogP contribution in [0.25, 0.3) is 5.65 Å². The monoisotopic (exact) mass is 478 g/mol. The largest absolute Gasteiger partial charge is 0.465 e. The number of ether oxygens (including phenoxy) is 1. The van der Waals surface area contributed by atoms with Crippen molar-refractivity contribution < 1.29 is 22.3 Å². The summed E-state index contributed by atoms with van der Waals surface area (Å²) in [6, 6.07) is 3.91. The van der Waals surface area contributed by atoms with Crippen molar-refractivity contribution in [1.29, 1.82) is 0 Å². The third-order valence-electron chi connectivity index (χ3n) is 7.14. The molecule has 11 heteroatoms. The first-order valence-corrected chi connectivity index (χ1v) is 11.8. The third-order valence-corrected chi connectivity index (χ3v) is 7.14. The van der Waals surface area contributed by atoms with E-state index in [2.05, 4.69) is 20.2 Å². The lowest BCUT2D eigenvalue weighted by Crippen LogP contribution is -2.43. The van der Waals surface area contributed by atoms with Gasteiger partial charge in [-0.1, -0.05) is 18.9 Å². The summed E-state index contributed by atoms with van der Waals surface area (Å²) in [5, 5.41) is 12.7. The van der Waals surface area contributed by atoms with E-state index in [4.69, 9.17) is 14.1 Å². The van der Waals surface area contributed by atoms with E-state index in [1.165, 1.54) is 4.52 Å². The van der Waals surface area contributed by atoms with Crippen LogP contribution in [-0.4, -0.2) is 50.2 Å². The lowest BCUT2D eigenvalue weighted by atomic mass is 9.82. The Morgan fingerprint density at radius 2 is 1.82 bits per heavy atom. The van der Waals surface area contributed by atoms with E-state index in [0.717, 1.165) is 38.4 Å². The number of aromatic nitrogens is 5. The predicted octanol–water partition coefficient (Wildman–Crippen LogP) is 4.58. The van der Waals surface area contributed by atoms with E-state index in [1.807, 2.05) is 13.8 Å². The van der Waals surface area contributed by atoms with Crippen molar-refractivity contribution in [3.8, 4) is 5.88 Å². The van der Waals surface area contributed by atoms with Gasteiger partial charge in [0, 0.05) is 32.5 Å². The quantitative estimate of drug-likeness (QED) is 0.513. The zero-order valence-corrected chi connectivity index (χ0v) is 19.7. The first-order chi connectivity index (χ1) is 16.1. The third kappa shape index (κ3) is 4.20. The Morgan fingerprint density at radius 3 is 2.41 bits per heavy atom. The second kappa shape index (κ2) is 8.42. The van der Waals surface area contributed by atoms with Crippen LogP contribution in [0.5, 0.6) is 5.88 Å². The molecule has 3 aromatic rings. The molecule has 5 rings (SSSR count). The minimum Gasteiger partial charge on any atom is -0.465 e. The summed E-state index contributed by atoms with van der Waals surface area (Å²) < 4.78 is 51.7. The van der Waals surface area contributed by atoms with Crippen LogP contribution < -0.4 is 9.64 Å². The van der Waals surface area contributed by atoms with Crippen LogP contribution in [0.2, 0.25) is 0 Å². The molecule has 0 N–H and O–H groups in total. The number of anilines is 1. The Kier molecular flexibility index (Phi) is 5.68. The first-order valence-electron chi connectivity index (χ1n) is 11.8. The van der Waals surface area contributed by atoms with Gasteiger partial charge in [0.2, 0.25) is 11.8 Å². The van der Waals surface area contributed by atoms with E-state index >= 15 is 0 Å². The summed E-state index contributed by atoms with van der Waals surface area (Å²) in [5.74, 6) is 2.68. The second-order valence-corrected chi connectivity index (χ2v) is 9.82. The fraction of sp³-hybridized carbons (Fsp3) is 0.652. The molecule has 8 nitrogen and oxygen atoms in total. The molecule has 34 heavy (non-hydrogen) atoms. The number of aryl methyl sites for hydroxylation is 1. The number of alkyl halides is 3. The molecule has 3 aromatic heterocycles. The van der Waals surface area contributed by atoms with E-state index in [-0.39, 0.29) is 11.8 Å². The molecule has 4 atom stereocenters. The molecule has 1 unspecified atom stereocenters. The molecule has 1 aliphatic carbocycles. The molecule has 0 spiro atoms. The molecule has 0 aromatic carbocycles. The Hall–Kier alpha value is -2.85.